The molecular formula is C25H17ClFIN2O4. The van der Waals surface area contributed by atoms with Crippen molar-refractivity contribution in [3.05, 3.63) is 97.3 Å². The summed E-state index contributed by atoms with van der Waals surface area (Å²) in [4.78, 5) is 38.4. The van der Waals surface area contributed by atoms with Crippen LogP contribution in [0.2, 0.25) is 5.02 Å². The lowest BCUT2D eigenvalue weighted by molar-refractivity contribution is -0.122. The highest BCUT2D eigenvalue weighted by molar-refractivity contribution is 14.1. The van der Waals surface area contributed by atoms with Gasteiger partial charge in [0.05, 0.1) is 12.8 Å². The van der Waals surface area contributed by atoms with Gasteiger partial charge in [-0.15, -0.1) is 0 Å². The third-order valence-corrected chi connectivity index (χ3v) is 6.56. The third-order valence-electron chi connectivity index (χ3n) is 5.23. The van der Waals surface area contributed by atoms with E-state index in [0.29, 0.717) is 27.7 Å². The van der Waals surface area contributed by atoms with Crippen molar-refractivity contribution in [3.63, 3.8) is 0 Å². The van der Waals surface area contributed by atoms with Gasteiger partial charge in [-0.25, -0.2) is 14.1 Å². The normalized spacial score (nSPS) is 15.0. The first kappa shape index (κ1) is 23.9. The highest BCUT2D eigenvalue weighted by Gasteiger charge is 2.38. The standard InChI is InChI=1S/C25H17ClFIN2O4/c1-34-22-12-14(11-20(28)16(22)13-15-6-2-3-7-18(15)26)10-17-23(31)29-25(33)30(24(17)32)21-9-5-4-8-19(21)27/h2-12H,13H2,1H3,(H,29,31,33)/b17-10-. The zero-order valence-electron chi connectivity index (χ0n) is 17.8. The summed E-state index contributed by atoms with van der Waals surface area (Å²) in [6, 6.07) is 15.3. The Kier molecular flexibility index (Phi) is 6.99. The molecule has 9 heteroatoms. The van der Waals surface area contributed by atoms with E-state index in [1.165, 1.54) is 31.4 Å². The maximum Gasteiger partial charge on any atom is 0.336 e. The monoisotopic (exact) mass is 590 g/mol. The van der Waals surface area contributed by atoms with E-state index >= 15 is 0 Å². The first-order valence-corrected chi connectivity index (χ1v) is 11.5. The SMILES string of the molecule is COc1cc(/C=C2/C(=O)NC(=O)N(c3ccccc3F)C2=O)cc(I)c1Cc1ccccc1Cl. The fourth-order valence-electron chi connectivity index (χ4n) is 3.58. The number of carbonyl (C=O) groups is 3. The minimum atomic E-state index is -1.01. The van der Waals surface area contributed by atoms with Crippen molar-refractivity contribution in [1.29, 1.82) is 0 Å². The van der Waals surface area contributed by atoms with E-state index in [9.17, 15) is 18.8 Å². The number of anilines is 1. The summed E-state index contributed by atoms with van der Waals surface area (Å²) in [6.07, 6.45) is 1.87. The van der Waals surface area contributed by atoms with Crippen LogP contribution >= 0.6 is 34.2 Å². The largest absolute Gasteiger partial charge is 0.496 e. The molecule has 3 aromatic carbocycles. The van der Waals surface area contributed by atoms with Crippen molar-refractivity contribution >= 4 is 63.8 Å². The van der Waals surface area contributed by atoms with Gasteiger partial charge in [0.2, 0.25) is 0 Å². The topological polar surface area (TPSA) is 75.7 Å². The van der Waals surface area contributed by atoms with Gasteiger partial charge in [0, 0.05) is 20.6 Å². The molecule has 0 saturated carbocycles. The molecule has 3 aromatic rings. The zero-order chi connectivity index (χ0) is 24.4. The Morgan fingerprint density at radius 3 is 2.50 bits per heavy atom. The Morgan fingerprint density at radius 1 is 1.09 bits per heavy atom. The summed E-state index contributed by atoms with van der Waals surface area (Å²) in [7, 11) is 1.52. The maximum absolute atomic E-state index is 14.3. The Morgan fingerprint density at radius 2 is 1.79 bits per heavy atom. The molecule has 0 radical (unpaired) electrons. The number of nitrogens with one attached hydrogen (secondary N) is 1. The van der Waals surface area contributed by atoms with E-state index in [1.807, 2.05) is 24.3 Å². The molecule has 0 bridgehead atoms. The fraction of sp³-hybridized carbons (Fsp3) is 0.0800. The summed E-state index contributed by atoms with van der Waals surface area (Å²) in [5, 5.41) is 2.73. The summed E-state index contributed by atoms with van der Waals surface area (Å²) >= 11 is 8.46. The number of carbonyl (C=O) groups excluding carboxylic acids is 3. The minimum absolute atomic E-state index is 0.245. The first-order chi connectivity index (χ1) is 16.3. The van der Waals surface area contributed by atoms with Gasteiger partial charge in [-0.2, -0.15) is 0 Å². The van der Waals surface area contributed by atoms with Gasteiger partial charge in [-0.3, -0.25) is 14.9 Å². The maximum atomic E-state index is 14.3. The molecule has 0 unspecified atom stereocenters. The van der Waals surface area contributed by atoms with Crippen LogP contribution in [0.4, 0.5) is 14.9 Å². The molecule has 34 heavy (non-hydrogen) atoms. The highest BCUT2D eigenvalue weighted by Crippen LogP contribution is 2.32. The summed E-state index contributed by atoms with van der Waals surface area (Å²) < 4.78 is 20.7. The second-order valence-electron chi connectivity index (χ2n) is 7.36. The molecule has 1 saturated heterocycles. The quantitative estimate of drug-likeness (QED) is 0.247. The average molecular weight is 591 g/mol. The predicted molar refractivity (Wildman–Crippen MR) is 135 cm³/mol. The molecule has 1 aliphatic rings. The Labute approximate surface area is 213 Å². The molecule has 4 rings (SSSR count). The van der Waals surface area contributed by atoms with Gasteiger partial charge >= 0.3 is 6.03 Å². The van der Waals surface area contributed by atoms with Gasteiger partial charge < -0.3 is 4.74 Å². The van der Waals surface area contributed by atoms with E-state index in [4.69, 9.17) is 16.3 Å². The minimum Gasteiger partial charge on any atom is -0.496 e. The molecule has 0 aromatic heterocycles. The number of barbiturate groups is 1. The Hall–Kier alpha value is -3.24. The average Bonchev–Trinajstić information content (AvgIpc) is 2.80. The number of methoxy groups -OCH3 is 1. The molecule has 0 atom stereocenters. The number of para-hydroxylation sites is 1. The van der Waals surface area contributed by atoms with E-state index in [2.05, 4.69) is 27.9 Å². The number of ether oxygens (including phenoxy) is 1. The van der Waals surface area contributed by atoms with Crippen LogP contribution in [0.3, 0.4) is 0 Å². The van der Waals surface area contributed by atoms with E-state index < -0.39 is 23.7 Å². The lowest BCUT2D eigenvalue weighted by atomic mass is 10.0. The molecule has 1 fully saturated rings. The number of hydrogen-bond donors (Lipinski definition) is 1. The van der Waals surface area contributed by atoms with Crippen molar-refractivity contribution in [2.24, 2.45) is 0 Å². The van der Waals surface area contributed by atoms with Crippen LogP contribution in [0.25, 0.3) is 6.08 Å². The molecule has 1 N–H and O–H groups in total. The molecule has 0 aliphatic carbocycles. The zero-order valence-corrected chi connectivity index (χ0v) is 20.7. The molecule has 172 valence electrons. The summed E-state index contributed by atoms with van der Waals surface area (Å²) in [6.45, 7) is 0. The second kappa shape index (κ2) is 9.94. The number of benzene rings is 3. The lowest BCUT2D eigenvalue weighted by Gasteiger charge is -2.26. The fourth-order valence-corrected chi connectivity index (χ4v) is 4.60. The van der Waals surface area contributed by atoms with Crippen molar-refractivity contribution in [2.75, 3.05) is 12.0 Å². The molecule has 0 spiro atoms. The van der Waals surface area contributed by atoms with Crippen LogP contribution < -0.4 is 15.0 Å². The number of rotatable bonds is 5. The Bertz CT molecular complexity index is 1360. The van der Waals surface area contributed by atoms with Crippen molar-refractivity contribution in [2.45, 2.75) is 6.42 Å². The van der Waals surface area contributed by atoms with Crippen LogP contribution in [0.15, 0.2) is 66.2 Å². The van der Waals surface area contributed by atoms with Gasteiger partial charge in [0.15, 0.2) is 0 Å². The van der Waals surface area contributed by atoms with E-state index in [1.54, 1.807) is 12.1 Å². The van der Waals surface area contributed by atoms with Crippen LogP contribution in [0.1, 0.15) is 16.7 Å². The number of hydrogen-bond acceptors (Lipinski definition) is 4. The highest BCUT2D eigenvalue weighted by atomic mass is 127. The Balaban J connectivity index is 1.73. The number of nitrogens with zero attached hydrogens (tertiary/aromatic N) is 1. The molecule has 6 nitrogen and oxygen atoms in total. The van der Waals surface area contributed by atoms with Crippen LogP contribution in [0, 0.1) is 9.39 Å². The lowest BCUT2D eigenvalue weighted by Crippen LogP contribution is -2.54. The van der Waals surface area contributed by atoms with E-state index in [0.717, 1.165) is 20.8 Å². The van der Waals surface area contributed by atoms with Crippen molar-refractivity contribution < 1.29 is 23.5 Å². The number of amides is 4. The second-order valence-corrected chi connectivity index (χ2v) is 8.93. The van der Waals surface area contributed by atoms with Crippen LogP contribution in [-0.4, -0.2) is 25.0 Å². The molecule has 1 heterocycles. The van der Waals surface area contributed by atoms with Crippen LogP contribution in [0.5, 0.6) is 5.75 Å². The van der Waals surface area contributed by atoms with Gasteiger partial charge in [0.25, 0.3) is 11.8 Å². The van der Waals surface area contributed by atoms with Gasteiger partial charge in [0.1, 0.15) is 17.1 Å². The summed E-state index contributed by atoms with van der Waals surface area (Å²) in [5.41, 5.74) is 1.77. The van der Waals surface area contributed by atoms with Crippen molar-refractivity contribution in [1.82, 2.24) is 5.32 Å². The number of halogens is 3. The number of urea groups is 1. The smallest absolute Gasteiger partial charge is 0.336 e. The molecule has 1 aliphatic heterocycles. The first-order valence-electron chi connectivity index (χ1n) is 10.1. The van der Waals surface area contributed by atoms with Crippen LogP contribution in [-0.2, 0) is 16.0 Å². The number of imide groups is 2. The van der Waals surface area contributed by atoms with E-state index in [-0.39, 0.29) is 11.3 Å². The van der Waals surface area contributed by atoms with Gasteiger partial charge in [-0.1, -0.05) is 41.9 Å². The summed E-state index contributed by atoms with van der Waals surface area (Å²) in [5.74, 6) is -2.01. The molecule has 4 amide bonds. The van der Waals surface area contributed by atoms with Crippen molar-refractivity contribution in [3.8, 4) is 5.75 Å². The third kappa shape index (κ3) is 4.69. The predicted octanol–water partition coefficient (Wildman–Crippen LogP) is 5.35. The molecular weight excluding hydrogens is 574 g/mol. The van der Waals surface area contributed by atoms with Gasteiger partial charge in [-0.05, 0) is 70.1 Å².